The molecule has 1 amide bonds. The number of halogens is 1. The first kappa shape index (κ1) is 20.4. The molecule has 0 radical (unpaired) electrons. The average molecular weight is 448 g/mol. The maximum absolute atomic E-state index is 12.9. The molecule has 2 heterocycles. The van der Waals surface area contributed by atoms with Gasteiger partial charge < -0.3 is 19.3 Å². The minimum Gasteiger partial charge on any atom is -0.493 e. The Morgan fingerprint density at radius 3 is 2.47 bits per heavy atom. The van der Waals surface area contributed by atoms with Crippen LogP contribution in [0.25, 0.3) is 0 Å². The van der Waals surface area contributed by atoms with E-state index in [-0.39, 0.29) is 5.91 Å². The highest BCUT2D eigenvalue weighted by Crippen LogP contribution is 2.42. The number of rotatable bonds is 2. The fourth-order valence-electron chi connectivity index (χ4n) is 4.02. The van der Waals surface area contributed by atoms with Gasteiger partial charge in [0.05, 0.1) is 12.7 Å². The number of ether oxygens (including phenoxy) is 2. The summed E-state index contributed by atoms with van der Waals surface area (Å²) in [5, 5.41) is 0.620. The number of carbonyl (C=O) groups excluding carboxylic acids is 1. The number of amides is 1. The van der Waals surface area contributed by atoms with E-state index in [0.29, 0.717) is 54.0 Å². The Balaban J connectivity index is 1.43. The van der Waals surface area contributed by atoms with Gasteiger partial charge in [-0.15, -0.1) is 0 Å². The molecule has 0 saturated carbocycles. The Labute approximate surface area is 191 Å². The van der Waals surface area contributed by atoms with Crippen molar-refractivity contribution >= 4 is 29.0 Å². The van der Waals surface area contributed by atoms with E-state index in [1.165, 1.54) is 0 Å². The minimum atomic E-state index is 0.0138. The summed E-state index contributed by atoms with van der Waals surface area (Å²) >= 11 is 5.96. The third-order valence-electron chi connectivity index (χ3n) is 5.70. The van der Waals surface area contributed by atoms with Crippen LogP contribution >= 0.6 is 11.6 Å². The van der Waals surface area contributed by atoms with E-state index in [0.717, 1.165) is 17.1 Å². The molecule has 0 unspecified atom stereocenters. The molecule has 32 heavy (non-hydrogen) atoms. The molecule has 0 atom stereocenters. The molecule has 0 spiro atoms. The molecular weight excluding hydrogens is 426 g/mol. The Bertz CT molecular complexity index is 1190. The molecule has 6 nitrogen and oxygen atoms in total. The number of nitrogens with zero attached hydrogens (tertiary/aromatic N) is 3. The topological polar surface area (TPSA) is 54.4 Å². The molecule has 2 aliphatic heterocycles. The SMILES string of the molecule is COc1cccc2c1Oc1ccccc1N=C2N1CCN(C(=O)c2ccc(Cl)cc2)CC1. The second kappa shape index (κ2) is 8.55. The van der Waals surface area contributed by atoms with Gasteiger partial charge in [0.1, 0.15) is 11.5 Å². The van der Waals surface area contributed by atoms with Crippen molar-refractivity contribution in [1.82, 2.24) is 9.80 Å². The quantitative estimate of drug-likeness (QED) is 0.555. The summed E-state index contributed by atoms with van der Waals surface area (Å²) in [5.41, 5.74) is 2.28. The molecular formula is C25H22ClN3O3. The third kappa shape index (κ3) is 3.78. The van der Waals surface area contributed by atoms with Crippen LogP contribution in [0.2, 0.25) is 5.02 Å². The van der Waals surface area contributed by atoms with Crippen LogP contribution in [-0.4, -0.2) is 54.8 Å². The maximum atomic E-state index is 12.9. The van der Waals surface area contributed by atoms with Gasteiger partial charge in [0, 0.05) is 36.8 Å². The number of methoxy groups -OCH3 is 1. The summed E-state index contributed by atoms with van der Waals surface area (Å²) in [6.45, 7) is 2.53. The zero-order chi connectivity index (χ0) is 22.1. The van der Waals surface area contributed by atoms with E-state index in [2.05, 4.69) is 4.90 Å². The van der Waals surface area contributed by atoms with Gasteiger partial charge in [0.2, 0.25) is 0 Å². The van der Waals surface area contributed by atoms with Crippen LogP contribution in [0.4, 0.5) is 5.69 Å². The standard InChI is InChI=1S/C25H22ClN3O3/c1-31-22-8-4-5-19-23(22)32-21-7-3-2-6-20(21)27-24(19)28-13-15-29(16-14-28)25(30)17-9-11-18(26)12-10-17/h2-12H,13-16H2,1H3. The van der Waals surface area contributed by atoms with Gasteiger partial charge in [0.15, 0.2) is 17.2 Å². The first-order valence-electron chi connectivity index (χ1n) is 10.5. The predicted octanol–water partition coefficient (Wildman–Crippen LogP) is 4.99. The van der Waals surface area contributed by atoms with Gasteiger partial charge in [-0.3, -0.25) is 4.79 Å². The molecule has 5 rings (SSSR count). The largest absolute Gasteiger partial charge is 0.493 e. The van der Waals surface area contributed by atoms with Gasteiger partial charge in [-0.05, 0) is 48.5 Å². The number of amidine groups is 1. The number of piperazine rings is 1. The second-order valence-electron chi connectivity index (χ2n) is 7.63. The summed E-state index contributed by atoms with van der Waals surface area (Å²) in [7, 11) is 1.63. The van der Waals surface area contributed by atoms with Crippen LogP contribution in [0.5, 0.6) is 17.2 Å². The molecule has 0 N–H and O–H groups in total. The van der Waals surface area contributed by atoms with Crippen molar-refractivity contribution in [3.8, 4) is 17.2 Å². The van der Waals surface area contributed by atoms with Crippen molar-refractivity contribution in [2.45, 2.75) is 0 Å². The molecule has 2 aliphatic rings. The Kier molecular flexibility index (Phi) is 5.45. The van der Waals surface area contributed by atoms with E-state index in [1.807, 2.05) is 47.4 Å². The molecule has 0 bridgehead atoms. The molecule has 3 aromatic carbocycles. The van der Waals surface area contributed by atoms with Gasteiger partial charge in [-0.1, -0.05) is 29.8 Å². The molecule has 0 aliphatic carbocycles. The minimum absolute atomic E-state index is 0.0138. The number of hydrogen-bond donors (Lipinski definition) is 0. The lowest BCUT2D eigenvalue weighted by Crippen LogP contribution is -2.50. The normalized spacial score (nSPS) is 15.1. The summed E-state index contributed by atoms with van der Waals surface area (Å²) in [6.07, 6.45) is 0. The van der Waals surface area contributed by atoms with Gasteiger partial charge >= 0.3 is 0 Å². The summed E-state index contributed by atoms with van der Waals surface area (Å²) in [4.78, 5) is 21.9. The van der Waals surface area contributed by atoms with E-state index >= 15 is 0 Å². The van der Waals surface area contributed by atoms with Crippen molar-refractivity contribution in [2.75, 3.05) is 33.3 Å². The number of hydrogen-bond acceptors (Lipinski definition) is 5. The van der Waals surface area contributed by atoms with Crippen LogP contribution in [-0.2, 0) is 0 Å². The van der Waals surface area contributed by atoms with E-state index < -0.39 is 0 Å². The lowest BCUT2D eigenvalue weighted by molar-refractivity contribution is 0.0692. The zero-order valence-electron chi connectivity index (χ0n) is 17.6. The number of fused-ring (bicyclic) bond motifs is 2. The van der Waals surface area contributed by atoms with Crippen LogP contribution in [0, 0.1) is 0 Å². The first-order chi connectivity index (χ1) is 15.6. The molecule has 1 fully saturated rings. The number of aliphatic imine (C=N–C) groups is 1. The lowest BCUT2D eigenvalue weighted by atomic mass is 10.1. The van der Waals surface area contributed by atoms with Crippen molar-refractivity contribution in [1.29, 1.82) is 0 Å². The van der Waals surface area contributed by atoms with Gasteiger partial charge in [-0.2, -0.15) is 0 Å². The highest BCUT2D eigenvalue weighted by molar-refractivity contribution is 6.30. The average Bonchev–Trinajstić information content (AvgIpc) is 3.01. The third-order valence-corrected chi connectivity index (χ3v) is 5.95. The first-order valence-corrected chi connectivity index (χ1v) is 10.8. The molecule has 0 aromatic heterocycles. The number of carbonyl (C=O) groups is 1. The zero-order valence-corrected chi connectivity index (χ0v) is 18.4. The Hall–Kier alpha value is -3.51. The van der Waals surface area contributed by atoms with E-state index in [9.17, 15) is 4.79 Å². The van der Waals surface area contributed by atoms with Crippen LogP contribution in [0.1, 0.15) is 15.9 Å². The summed E-state index contributed by atoms with van der Waals surface area (Å²) < 4.78 is 11.8. The van der Waals surface area contributed by atoms with Gasteiger partial charge in [-0.25, -0.2) is 4.99 Å². The summed E-state index contributed by atoms with van der Waals surface area (Å²) in [6, 6.07) is 20.5. The summed E-state index contributed by atoms with van der Waals surface area (Å²) in [5.74, 6) is 2.83. The Morgan fingerprint density at radius 2 is 1.72 bits per heavy atom. The smallest absolute Gasteiger partial charge is 0.253 e. The van der Waals surface area contributed by atoms with E-state index in [1.54, 1.807) is 31.4 Å². The molecule has 3 aromatic rings. The highest BCUT2D eigenvalue weighted by atomic mass is 35.5. The molecule has 162 valence electrons. The van der Waals surface area contributed by atoms with Gasteiger partial charge in [0.25, 0.3) is 5.91 Å². The lowest BCUT2D eigenvalue weighted by Gasteiger charge is -2.36. The predicted molar refractivity (Wildman–Crippen MR) is 125 cm³/mol. The molecule has 7 heteroatoms. The van der Waals surface area contributed by atoms with Crippen LogP contribution in [0.3, 0.4) is 0 Å². The van der Waals surface area contributed by atoms with Crippen LogP contribution < -0.4 is 9.47 Å². The van der Waals surface area contributed by atoms with Crippen LogP contribution in [0.15, 0.2) is 71.7 Å². The fraction of sp³-hybridized carbons (Fsp3) is 0.200. The van der Waals surface area contributed by atoms with Crippen molar-refractivity contribution < 1.29 is 14.3 Å². The highest BCUT2D eigenvalue weighted by Gasteiger charge is 2.29. The molecule has 1 saturated heterocycles. The maximum Gasteiger partial charge on any atom is 0.253 e. The fourth-order valence-corrected chi connectivity index (χ4v) is 4.14. The van der Waals surface area contributed by atoms with Crippen molar-refractivity contribution in [2.24, 2.45) is 4.99 Å². The number of para-hydroxylation sites is 3. The second-order valence-corrected chi connectivity index (χ2v) is 8.06. The Morgan fingerprint density at radius 1 is 0.969 bits per heavy atom. The van der Waals surface area contributed by atoms with E-state index in [4.69, 9.17) is 26.1 Å². The van der Waals surface area contributed by atoms with Crippen molar-refractivity contribution in [3.63, 3.8) is 0 Å². The number of benzene rings is 3. The van der Waals surface area contributed by atoms with Crippen molar-refractivity contribution in [3.05, 3.63) is 82.9 Å². The monoisotopic (exact) mass is 447 g/mol.